The Kier molecular flexibility index (Phi) is 7.65. The van der Waals surface area contributed by atoms with Gasteiger partial charge >= 0.3 is 0 Å². The van der Waals surface area contributed by atoms with E-state index in [1.165, 1.54) is 5.56 Å². The van der Waals surface area contributed by atoms with Crippen LogP contribution >= 0.6 is 0 Å². The van der Waals surface area contributed by atoms with Crippen LogP contribution in [0.3, 0.4) is 0 Å². The Hall–Kier alpha value is -3.80. The van der Waals surface area contributed by atoms with Gasteiger partial charge in [0.2, 0.25) is 0 Å². The Labute approximate surface area is 182 Å². The van der Waals surface area contributed by atoms with E-state index >= 15 is 0 Å². The van der Waals surface area contributed by atoms with Crippen molar-refractivity contribution in [3.8, 4) is 11.5 Å². The summed E-state index contributed by atoms with van der Waals surface area (Å²) in [5, 5.41) is 0. The first kappa shape index (κ1) is 21.9. The van der Waals surface area contributed by atoms with Crippen LogP contribution in [-0.2, 0) is 17.8 Å². The van der Waals surface area contributed by atoms with Gasteiger partial charge in [0.25, 0.3) is 11.8 Å². The van der Waals surface area contributed by atoms with E-state index in [4.69, 9.17) is 9.47 Å². The summed E-state index contributed by atoms with van der Waals surface area (Å²) >= 11 is 0. The van der Waals surface area contributed by atoms with Gasteiger partial charge in [-0.25, -0.2) is 0 Å². The third-order valence-corrected chi connectivity index (χ3v) is 4.68. The van der Waals surface area contributed by atoms with Crippen LogP contribution in [0.1, 0.15) is 35.3 Å². The standard InChI is InChI=1S/C25H26N2O4/c1-3-19-13-15-21(16-14-19)31-18(2)24(28)26-27-25(29)22-11-7-8-12-23(22)30-17-20-9-5-4-6-10-20/h4-16,18H,3,17H2,1-2H3,(H,26,28)(H,27,29)/t18-/m0/s1. The van der Waals surface area contributed by atoms with E-state index in [9.17, 15) is 9.59 Å². The lowest BCUT2D eigenvalue weighted by Crippen LogP contribution is -2.47. The highest BCUT2D eigenvalue weighted by Crippen LogP contribution is 2.19. The van der Waals surface area contributed by atoms with Crippen LogP contribution in [0.25, 0.3) is 0 Å². The van der Waals surface area contributed by atoms with Crippen LogP contribution in [-0.4, -0.2) is 17.9 Å². The monoisotopic (exact) mass is 418 g/mol. The number of ether oxygens (including phenoxy) is 2. The summed E-state index contributed by atoms with van der Waals surface area (Å²) in [7, 11) is 0. The zero-order valence-electron chi connectivity index (χ0n) is 17.6. The van der Waals surface area contributed by atoms with Crippen LogP contribution in [0.5, 0.6) is 11.5 Å². The number of benzene rings is 3. The van der Waals surface area contributed by atoms with Crippen LogP contribution in [0, 0.1) is 0 Å². The first-order valence-corrected chi connectivity index (χ1v) is 10.2. The number of nitrogens with one attached hydrogen (secondary N) is 2. The van der Waals surface area contributed by atoms with Crippen molar-refractivity contribution in [1.29, 1.82) is 0 Å². The second-order valence-electron chi connectivity index (χ2n) is 6.97. The van der Waals surface area contributed by atoms with E-state index in [-0.39, 0.29) is 0 Å². The number of rotatable bonds is 8. The van der Waals surface area contributed by atoms with Gasteiger partial charge in [-0.1, -0.05) is 61.5 Å². The lowest BCUT2D eigenvalue weighted by atomic mass is 10.2. The van der Waals surface area contributed by atoms with E-state index in [1.807, 2.05) is 54.6 Å². The second-order valence-corrected chi connectivity index (χ2v) is 6.97. The number of hydrazine groups is 1. The average Bonchev–Trinajstić information content (AvgIpc) is 2.82. The summed E-state index contributed by atoms with van der Waals surface area (Å²) < 4.78 is 11.4. The van der Waals surface area contributed by atoms with Crippen molar-refractivity contribution in [2.24, 2.45) is 0 Å². The van der Waals surface area contributed by atoms with Crippen molar-refractivity contribution in [2.45, 2.75) is 33.0 Å². The molecule has 1 atom stereocenters. The first-order chi connectivity index (χ1) is 15.1. The molecule has 6 nitrogen and oxygen atoms in total. The molecule has 3 aromatic carbocycles. The number of hydrogen-bond donors (Lipinski definition) is 2. The smallest absolute Gasteiger partial charge is 0.279 e. The third kappa shape index (κ3) is 6.34. The Morgan fingerprint density at radius 1 is 0.839 bits per heavy atom. The van der Waals surface area contributed by atoms with E-state index < -0.39 is 17.9 Å². The number of carbonyl (C=O) groups excluding carboxylic acids is 2. The number of aryl methyl sites for hydroxylation is 1. The molecule has 3 rings (SSSR count). The molecule has 0 aliphatic carbocycles. The zero-order valence-corrected chi connectivity index (χ0v) is 17.6. The molecular formula is C25H26N2O4. The molecule has 0 fully saturated rings. The molecule has 2 amide bonds. The normalized spacial score (nSPS) is 11.3. The first-order valence-electron chi connectivity index (χ1n) is 10.2. The fraction of sp³-hybridized carbons (Fsp3) is 0.200. The quantitative estimate of drug-likeness (QED) is 0.541. The fourth-order valence-corrected chi connectivity index (χ4v) is 2.86. The Bertz CT molecular complexity index is 1000. The van der Waals surface area contributed by atoms with Crippen molar-refractivity contribution in [1.82, 2.24) is 10.9 Å². The molecule has 2 N–H and O–H groups in total. The van der Waals surface area contributed by atoms with E-state index in [0.717, 1.165) is 12.0 Å². The van der Waals surface area contributed by atoms with Crippen molar-refractivity contribution >= 4 is 11.8 Å². The highest BCUT2D eigenvalue weighted by atomic mass is 16.5. The minimum atomic E-state index is -0.780. The van der Waals surface area contributed by atoms with E-state index in [2.05, 4.69) is 17.8 Å². The molecule has 160 valence electrons. The molecule has 0 saturated carbocycles. The molecule has 0 aliphatic heterocycles. The molecule has 0 spiro atoms. The predicted molar refractivity (Wildman–Crippen MR) is 119 cm³/mol. The number of amides is 2. The van der Waals surface area contributed by atoms with Gasteiger partial charge in [0.05, 0.1) is 5.56 Å². The third-order valence-electron chi connectivity index (χ3n) is 4.68. The molecule has 0 aliphatic rings. The summed E-state index contributed by atoms with van der Waals surface area (Å²) in [5.41, 5.74) is 7.33. The largest absolute Gasteiger partial charge is 0.488 e. The highest BCUT2D eigenvalue weighted by Gasteiger charge is 2.17. The lowest BCUT2D eigenvalue weighted by molar-refractivity contribution is -0.128. The molecule has 0 aromatic heterocycles. The van der Waals surface area contributed by atoms with Gasteiger partial charge in [0, 0.05) is 0 Å². The minimum absolute atomic E-state index is 0.322. The predicted octanol–water partition coefficient (Wildman–Crippen LogP) is 4.06. The van der Waals surface area contributed by atoms with Crippen molar-refractivity contribution < 1.29 is 19.1 Å². The average molecular weight is 418 g/mol. The van der Waals surface area contributed by atoms with Gasteiger partial charge in [0.1, 0.15) is 18.1 Å². The highest BCUT2D eigenvalue weighted by molar-refractivity contribution is 5.98. The van der Waals surface area contributed by atoms with Gasteiger partial charge < -0.3 is 9.47 Å². The molecular weight excluding hydrogens is 392 g/mol. The molecule has 6 heteroatoms. The van der Waals surface area contributed by atoms with Gasteiger partial charge in [-0.05, 0) is 48.7 Å². The van der Waals surface area contributed by atoms with Crippen LogP contribution in [0.2, 0.25) is 0 Å². The lowest BCUT2D eigenvalue weighted by Gasteiger charge is -2.16. The van der Waals surface area contributed by atoms with E-state index in [1.54, 1.807) is 31.2 Å². The number of hydrogen-bond acceptors (Lipinski definition) is 4. The Balaban J connectivity index is 1.54. The SMILES string of the molecule is CCc1ccc(O[C@@H](C)C(=O)NNC(=O)c2ccccc2OCc2ccccc2)cc1. The molecule has 0 saturated heterocycles. The summed E-state index contributed by atoms with van der Waals surface area (Å²) in [6, 6.07) is 24.1. The maximum absolute atomic E-state index is 12.6. The molecule has 3 aromatic rings. The maximum Gasteiger partial charge on any atom is 0.279 e. The topological polar surface area (TPSA) is 76.7 Å². The van der Waals surface area contributed by atoms with Crippen LogP contribution < -0.4 is 20.3 Å². The van der Waals surface area contributed by atoms with Crippen molar-refractivity contribution in [2.75, 3.05) is 0 Å². The van der Waals surface area contributed by atoms with Gasteiger partial charge in [-0.15, -0.1) is 0 Å². The molecule has 0 unspecified atom stereocenters. The summed E-state index contributed by atoms with van der Waals surface area (Å²) in [5.74, 6) is 0.0800. The fourth-order valence-electron chi connectivity index (χ4n) is 2.86. The van der Waals surface area contributed by atoms with Crippen LogP contribution in [0.4, 0.5) is 0 Å². The summed E-state index contributed by atoms with van der Waals surface area (Å²) in [4.78, 5) is 24.9. The maximum atomic E-state index is 12.6. The molecule has 0 heterocycles. The Morgan fingerprint density at radius 2 is 1.52 bits per heavy atom. The van der Waals surface area contributed by atoms with Gasteiger partial charge in [-0.3, -0.25) is 20.4 Å². The molecule has 0 radical (unpaired) electrons. The molecule has 0 bridgehead atoms. The van der Waals surface area contributed by atoms with Crippen LogP contribution in [0.15, 0.2) is 78.9 Å². The molecule has 31 heavy (non-hydrogen) atoms. The number of carbonyl (C=O) groups is 2. The van der Waals surface area contributed by atoms with E-state index in [0.29, 0.717) is 23.7 Å². The minimum Gasteiger partial charge on any atom is -0.488 e. The summed E-state index contributed by atoms with van der Waals surface area (Å²) in [6.07, 6.45) is 0.149. The zero-order chi connectivity index (χ0) is 22.1. The summed E-state index contributed by atoms with van der Waals surface area (Å²) in [6.45, 7) is 4.02. The van der Waals surface area contributed by atoms with Gasteiger partial charge in [-0.2, -0.15) is 0 Å². The van der Waals surface area contributed by atoms with Gasteiger partial charge in [0.15, 0.2) is 6.10 Å². The second kappa shape index (κ2) is 10.8. The van der Waals surface area contributed by atoms with Crippen molar-refractivity contribution in [3.05, 3.63) is 95.6 Å². The van der Waals surface area contributed by atoms with Crippen molar-refractivity contribution in [3.63, 3.8) is 0 Å². The number of para-hydroxylation sites is 1. The Morgan fingerprint density at radius 3 is 2.23 bits per heavy atom.